The molecule has 0 aliphatic carbocycles. The number of carboxylic acids is 1. The summed E-state index contributed by atoms with van der Waals surface area (Å²) >= 11 is 0. The lowest BCUT2D eigenvalue weighted by atomic mass is 10.2. The van der Waals surface area contributed by atoms with Crippen LogP contribution in [0.5, 0.6) is 11.6 Å². The zero-order chi connectivity index (χ0) is 17.8. The van der Waals surface area contributed by atoms with Gasteiger partial charge in [0, 0.05) is 5.69 Å². The lowest BCUT2D eigenvalue weighted by Crippen LogP contribution is -2.03. The molecule has 0 amide bonds. The number of hydrogen-bond acceptors (Lipinski definition) is 6. The first-order valence-corrected chi connectivity index (χ1v) is 7.48. The number of nitrogens with zero attached hydrogens (tertiary/aromatic N) is 2. The Morgan fingerprint density at radius 2 is 1.76 bits per heavy atom. The van der Waals surface area contributed by atoms with E-state index in [0.717, 1.165) is 5.56 Å². The number of aromatic carboxylic acids is 1. The molecule has 7 heteroatoms. The largest absolute Gasteiger partial charge is 0.478 e. The lowest BCUT2D eigenvalue weighted by molar-refractivity contribution is 0.0697. The van der Waals surface area contributed by atoms with Gasteiger partial charge in [-0.15, -0.1) is 0 Å². The number of aryl methyl sites for hydroxylation is 1. The van der Waals surface area contributed by atoms with Gasteiger partial charge in [0.05, 0.1) is 5.56 Å². The third-order valence-corrected chi connectivity index (χ3v) is 3.48. The van der Waals surface area contributed by atoms with Crippen LogP contribution in [0.3, 0.4) is 0 Å². The average molecular weight is 336 g/mol. The van der Waals surface area contributed by atoms with Crippen LogP contribution in [-0.2, 0) is 0 Å². The molecule has 0 unspecified atom stereocenters. The smallest absolute Gasteiger partial charge is 0.335 e. The van der Waals surface area contributed by atoms with Gasteiger partial charge in [-0.3, -0.25) is 0 Å². The minimum absolute atomic E-state index is 0.199. The molecule has 0 bridgehead atoms. The Morgan fingerprint density at radius 1 is 1.08 bits per heavy atom. The van der Waals surface area contributed by atoms with Gasteiger partial charge < -0.3 is 20.9 Å². The molecule has 0 atom stereocenters. The van der Waals surface area contributed by atoms with E-state index >= 15 is 0 Å². The molecule has 0 radical (unpaired) electrons. The molecule has 0 fully saturated rings. The highest BCUT2D eigenvalue weighted by Gasteiger charge is 2.11. The van der Waals surface area contributed by atoms with E-state index in [1.807, 2.05) is 31.2 Å². The fourth-order valence-electron chi connectivity index (χ4n) is 2.11. The summed E-state index contributed by atoms with van der Waals surface area (Å²) in [4.78, 5) is 19.0. The van der Waals surface area contributed by atoms with Crippen LogP contribution in [-0.4, -0.2) is 21.0 Å². The SMILES string of the molecule is Cc1ccc(Oc2ncnc(Nc3ccc(C(=O)O)cc3)c2N)cc1. The van der Waals surface area contributed by atoms with Crippen LogP contribution in [0, 0.1) is 6.92 Å². The molecule has 4 N–H and O–H groups in total. The molecule has 0 saturated heterocycles. The Hall–Kier alpha value is -3.61. The van der Waals surface area contributed by atoms with Gasteiger partial charge in [0.2, 0.25) is 5.88 Å². The maximum Gasteiger partial charge on any atom is 0.335 e. The first kappa shape index (κ1) is 16.3. The van der Waals surface area contributed by atoms with E-state index in [1.165, 1.54) is 18.5 Å². The Morgan fingerprint density at radius 3 is 2.40 bits per heavy atom. The van der Waals surface area contributed by atoms with Crippen molar-refractivity contribution in [1.29, 1.82) is 0 Å². The first-order valence-electron chi connectivity index (χ1n) is 7.48. The number of nitrogens with two attached hydrogens (primary N) is 1. The van der Waals surface area contributed by atoms with E-state index < -0.39 is 5.97 Å². The highest BCUT2D eigenvalue weighted by molar-refractivity contribution is 5.88. The van der Waals surface area contributed by atoms with Crippen molar-refractivity contribution >= 4 is 23.2 Å². The average Bonchev–Trinajstić information content (AvgIpc) is 2.61. The first-order chi connectivity index (χ1) is 12.0. The van der Waals surface area contributed by atoms with Crippen LogP contribution >= 0.6 is 0 Å². The van der Waals surface area contributed by atoms with Gasteiger partial charge >= 0.3 is 5.97 Å². The Bertz CT molecular complexity index is 893. The number of anilines is 3. The molecule has 126 valence electrons. The molecule has 3 aromatic rings. The Kier molecular flexibility index (Phi) is 4.47. The highest BCUT2D eigenvalue weighted by Crippen LogP contribution is 2.31. The molecular weight excluding hydrogens is 320 g/mol. The normalized spacial score (nSPS) is 10.3. The molecule has 3 rings (SSSR count). The van der Waals surface area contributed by atoms with Crippen LogP contribution in [0.2, 0.25) is 0 Å². The maximum atomic E-state index is 10.9. The topological polar surface area (TPSA) is 110 Å². The number of nitrogens with one attached hydrogen (secondary N) is 1. The van der Waals surface area contributed by atoms with Crippen molar-refractivity contribution in [1.82, 2.24) is 9.97 Å². The predicted molar refractivity (Wildman–Crippen MR) is 94.4 cm³/mol. The summed E-state index contributed by atoms with van der Waals surface area (Å²) in [6, 6.07) is 13.8. The lowest BCUT2D eigenvalue weighted by Gasteiger charge is -2.12. The molecule has 0 aliphatic rings. The van der Waals surface area contributed by atoms with E-state index in [4.69, 9.17) is 15.6 Å². The number of rotatable bonds is 5. The van der Waals surface area contributed by atoms with Crippen molar-refractivity contribution in [3.05, 3.63) is 66.0 Å². The number of nitrogen functional groups attached to an aromatic ring is 1. The minimum Gasteiger partial charge on any atom is -0.478 e. The van der Waals surface area contributed by atoms with E-state index in [2.05, 4.69) is 15.3 Å². The zero-order valence-electron chi connectivity index (χ0n) is 13.4. The molecule has 25 heavy (non-hydrogen) atoms. The predicted octanol–water partition coefficient (Wildman–Crippen LogP) is 3.60. The van der Waals surface area contributed by atoms with Gasteiger partial charge in [-0.05, 0) is 43.3 Å². The van der Waals surface area contributed by atoms with Gasteiger partial charge in [-0.25, -0.2) is 9.78 Å². The van der Waals surface area contributed by atoms with Crippen molar-refractivity contribution in [2.24, 2.45) is 0 Å². The fourth-order valence-corrected chi connectivity index (χ4v) is 2.11. The van der Waals surface area contributed by atoms with Crippen molar-refractivity contribution < 1.29 is 14.6 Å². The third-order valence-electron chi connectivity index (χ3n) is 3.48. The highest BCUT2D eigenvalue weighted by atomic mass is 16.5. The Balaban J connectivity index is 1.80. The molecular formula is C18H16N4O3. The second-order valence-corrected chi connectivity index (χ2v) is 5.36. The number of ether oxygens (including phenoxy) is 1. The number of aromatic nitrogens is 2. The third kappa shape index (κ3) is 3.84. The summed E-state index contributed by atoms with van der Waals surface area (Å²) in [5.74, 6) is 0.248. The summed E-state index contributed by atoms with van der Waals surface area (Å²) in [5, 5.41) is 12.0. The van der Waals surface area contributed by atoms with Crippen LogP contribution in [0.15, 0.2) is 54.9 Å². The van der Waals surface area contributed by atoms with Crippen molar-refractivity contribution in [3.8, 4) is 11.6 Å². The summed E-state index contributed by atoms with van der Waals surface area (Å²) in [5.41, 5.74) is 8.30. The number of benzene rings is 2. The van der Waals surface area contributed by atoms with Gasteiger partial charge in [-0.2, -0.15) is 4.98 Å². The van der Waals surface area contributed by atoms with Crippen LogP contribution in [0.4, 0.5) is 17.2 Å². The summed E-state index contributed by atoms with van der Waals surface area (Å²) < 4.78 is 5.70. The van der Waals surface area contributed by atoms with Gasteiger partial charge in [-0.1, -0.05) is 17.7 Å². The molecule has 0 aliphatic heterocycles. The van der Waals surface area contributed by atoms with Crippen LogP contribution in [0.25, 0.3) is 0 Å². The van der Waals surface area contributed by atoms with E-state index in [-0.39, 0.29) is 17.1 Å². The van der Waals surface area contributed by atoms with Crippen molar-refractivity contribution in [3.63, 3.8) is 0 Å². The van der Waals surface area contributed by atoms with Gasteiger partial charge in [0.1, 0.15) is 17.8 Å². The molecule has 2 aromatic carbocycles. The van der Waals surface area contributed by atoms with Crippen molar-refractivity contribution in [2.75, 3.05) is 11.1 Å². The van der Waals surface area contributed by atoms with Crippen LogP contribution < -0.4 is 15.8 Å². The molecule has 0 saturated carbocycles. The van der Waals surface area contributed by atoms with E-state index in [9.17, 15) is 4.79 Å². The standard InChI is InChI=1S/C18H16N4O3/c1-11-2-8-14(9-3-11)25-17-15(19)16(20-10-21-17)22-13-6-4-12(5-7-13)18(23)24/h2-10H,19H2,1H3,(H,23,24)(H,20,21,22). The molecule has 0 spiro atoms. The second-order valence-electron chi connectivity index (χ2n) is 5.36. The molecule has 1 aromatic heterocycles. The summed E-state index contributed by atoms with van der Waals surface area (Å²) in [7, 11) is 0. The van der Waals surface area contributed by atoms with E-state index in [0.29, 0.717) is 17.3 Å². The number of carbonyl (C=O) groups is 1. The number of hydrogen-bond donors (Lipinski definition) is 3. The maximum absolute atomic E-state index is 10.9. The summed E-state index contributed by atoms with van der Waals surface area (Å²) in [6.07, 6.45) is 1.34. The molecule has 1 heterocycles. The second kappa shape index (κ2) is 6.88. The van der Waals surface area contributed by atoms with Crippen molar-refractivity contribution in [2.45, 2.75) is 6.92 Å². The quantitative estimate of drug-likeness (QED) is 0.653. The van der Waals surface area contributed by atoms with Gasteiger partial charge in [0.25, 0.3) is 0 Å². The number of carboxylic acid groups (broad SMARTS) is 1. The fraction of sp³-hybridized carbons (Fsp3) is 0.0556. The summed E-state index contributed by atoms with van der Waals surface area (Å²) in [6.45, 7) is 1.99. The zero-order valence-corrected chi connectivity index (χ0v) is 13.4. The van der Waals surface area contributed by atoms with E-state index in [1.54, 1.807) is 12.1 Å². The van der Waals surface area contributed by atoms with Gasteiger partial charge in [0.15, 0.2) is 5.82 Å². The molecule has 7 nitrogen and oxygen atoms in total. The minimum atomic E-state index is -0.984. The van der Waals surface area contributed by atoms with Crippen LogP contribution in [0.1, 0.15) is 15.9 Å². The monoisotopic (exact) mass is 336 g/mol. The Labute approximate surface area is 144 Å².